The van der Waals surface area contributed by atoms with Crippen LogP contribution in [-0.4, -0.2) is 24.4 Å². The number of nitrogens with one attached hydrogen (secondary N) is 1. The summed E-state index contributed by atoms with van der Waals surface area (Å²) in [4.78, 5) is 34.9. The highest BCUT2D eigenvalue weighted by Crippen LogP contribution is 2.16. The molecule has 0 unspecified atom stereocenters. The SMILES string of the molecule is O=C(COC(=O)/C=C/c1ccccc1Cl)NC(=O)c1ccccc1. The summed E-state index contributed by atoms with van der Waals surface area (Å²) < 4.78 is 4.77. The minimum absolute atomic E-state index is 0.343. The molecule has 122 valence electrons. The summed E-state index contributed by atoms with van der Waals surface area (Å²) in [7, 11) is 0. The van der Waals surface area contributed by atoms with E-state index in [1.165, 1.54) is 6.08 Å². The molecule has 0 aliphatic heterocycles. The lowest BCUT2D eigenvalue weighted by atomic mass is 10.2. The minimum Gasteiger partial charge on any atom is -0.452 e. The van der Waals surface area contributed by atoms with Crippen molar-refractivity contribution in [2.45, 2.75) is 0 Å². The van der Waals surface area contributed by atoms with Crippen molar-refractivity contribution in [3.63, 3.8) is 0 Å². The summed E-state index contributed by atoms with van der Waals surface area (Å²) in [5.74, 6) is -1.97. The first-order chi connectivity index (χ1) is 11.6. The molecule has 5 nitrogen and oxygen atoms in total. The molecule has 0 radical (unpaired) electrons. The minimum atomic E-state index is -0.711. The fourth-order valence-electron chi connectivity index (χ4n) is 1.78. The molecule has 2 aromatic carbocycles. The van der Waals surface area contributed by atoms with Crippen LogP contribution in [0.3, 0.4) is 0 Å². The van der Waals surface area contributed by atoms with Gasteiger partial charge in [0.15, 0.2) is 6.61 Å². The van der Waals surface area contributed by atoms with E-state index in [-0.39, 0.29) is 0 Å². The van der Waals surface area contributed by atoms with Gasteiger partial charge in [0.1, 0.15) is 0 Å². The number of hydrogen-bond acceptors (Lipinski definition) is 4. The maximum Gasteiger partial charge on any atom is 0.331 e. The molecule has 0 spiro atoms. The molecule has 1 N–H and O–H groups in total. The molecule has 0 aliphatic carbocycles. The second-order valence-electron chi connectivity index (χ2n) is 4.71. The largest absolute Gasteiger partial charge is 0.452 e. The summed E-state index contributed by atoms with van der Waals surface area (Å²) in [5.41, 5.74) is 0.996. The fourth-order valence-corrected chi connectivity index (χ4v) is 1.98. The molecule has 0 aliphatic rings. The molecule has 0 saturated carbocycles. The monoisotopic (exact) mass is 343 g/mol. The lowest BCUT2D eigenvalue weighted by Gasteiger charge is -2.04. The highest BCUT2D eigenvalue weighted by atomic mass is 35.5. The molecule has 2 aromatic rings. The van der Waals surface area contributed by atoms with Crippen molar-refractivity contribution in [2.75, 3.05) is 6.61 Å². The van der Waals surface area contributed by atoms with Crippen LogP contribution in [0, 0.1) is 0 Å². The molecule has 2 rings (SSSR count). The Morgan fingerprint density at radius 2 is 1.67 bits per heavy atom. The van der Waals surface area contributed by atoms with Crippen LogP contribution >= 0.6 is 11.6 Å². The molecule has 2 amide bonds. The number of imide groups is 1. The standard InChI is InChI=1S/C18H14ClNO4/c19-15-9-5-4-6-13(15)10-11-17(22)24-12-16(21)20-18(23)14-7-2-1-3-8-14/h1-11H,12H2,(H,20,21,23)/b11-10+. The van der Waals surface area contributed by atoms with Gasteiger partial charge < -0.3 is 4.74 Å². The van der Waals surface area contributed by atoms with E-state index in [1.807, 2.05) is 0 Å². The van der Waals surface area contributed by atoms with Crippen molar-refractivity contribution < 1.29 is 19.1 Å². The molecule has 0 saturated heterocycles. The number of carbonyl (C=O) groups excluding carboxylic acids is 3. The highest BCUT2D eigenvalue weighted by molar-refractivity contribution is 6.32. The van der Waals surface area contributed by atoms with Crippen molar-refractivity contribution in [3.05, 3.63) is 76.8 Å². The second-order valence-corrected chi connectivity index (χ2v) is 5.11. The van der Waals surface area contributed by atoms with Gasteiger partial charge in [-0.05, 0) is 29.8 Å². The van der Waals surface area contributed by atoms with E-state index in [9.17, 15) is 14.4 Å². The Hall–Kier alpha value is -2.92. The number of carbonyl (C=O) groups is 3. The van der Waals surface area contributed by atoms with E-state index < -0.39 is 24.4 Å². The maximum atomic E-state index is 11.7. The van der Waals surface area contributed by atoms with Gasteiger partial charge in [-0.3, -0.25) is 14.9 Å². The summed E-state index contributed by atoms with van der Waals surface area (Å²) in [6.45, 7) is -0.551. The molecular formula is C18H14ClNO4. The third kappa shape index (κ3) is 5.37. The van der Waals surface area contributed by atoms with Gasteiger partial charge in [-0.1, -0.05) is 48.0 Å². The van der Waals surface area contributed by atoms with Crippen LogP contribution in [0.25, 0.3) is 6.08 Å². The lowest BCUT2D eigenvalue weighted by molar-refractivity contribution is -0.143. The Labute approximate surface area is 143 Å². The van der Waals surface area contributed by atoms with E-state index in [0.717, 1.165) is 6.08 Å². The second kappa shape index (κ2) is 8.64. The molecule has 0 atom stereocenters. The van der Waals surface area contributed by atoms with Gasteiger partial charge in [0.2, 0.25) is 0 Å². The zero-order chi connectivity index (χ0) is 17.4. The van der Waals surface area contributed by atoms with Gasteiger partial charge in [-0.2, -0.15) is 0 Å². The topological polar surface area (TPSA) is 72.5 Å². The molecular weight excluding hydrogens is 330 g/mol. The van der Waals surface area contributed by atoms with E-state index in [2.05, 4.69) is 5.32 Å². The smallest absolute Gasteiger partial charge is 0.331 e. The van der Waals surface area contributed by atoms with Gasteiger partial charge in [-0.15, -0.1) is 0 Å². The van der Waals surface area contributed by atoms with E-state index in [4.69, 9.17) is 16.3 Å². The Morgan fingerprint density at radius 1 is 1.00 bits per heavy atom. The maximum absolute atomic E-state index is 11.7. The first-order valence-corrected chi connectivity index (χ1v) is 7.42. The number of esters is 1. The van der Waals surface area contributed by atoms with Crippen LogP contribution < -0.4 is 5.32 Å². The van der Waals surface area contributed by atoms with Crippen molar-refractivity contribution in [1.82, 2.24) is 5.32 Å². The van der Waals surface area contributed by atoms with E-state index in [0.29, 0.717) is 16.1 Å². The van der Waals surface area contributed by atoms with Gasteiger partial charge in [-0.25, -0.2) is 4.79 Å². The average Bonchev–Trinajstić information content (AvgIpc) is 2.60. The summed E-state index contributed by atoms with van der Waals surface area (Å²) in [6, 6.07) is 15.2. The number of hydrogen-bond donors (Lipinski definition) is 1. The average molecular weight is 344 g/mol. The predicted octanol–water partition coefficient (Wildman–Crippen LogP) is 2.85. The van der Waals surface area contributed by atoms with Crippen LogP contribution in [0.1, 0.15) is 15.9 Å². The van der Waals surface area contributed by atoms with Crippen LogP contribution in [-0.2, 0) is 14.3 Å². The Bertz CT molecular complexity index is 772. The molecule has 24 heavy (non-hydrogen) atoms. The summed E-state index contributed by atoms with van der Waals surface area (Å²) in [6.07, 6.45) is 2.64. The van der Waals surface area contributed by atoms with Gasteiger partial charge in [0.05, 0.1) is 0 Å². The number of amides is 2. The van der Waals surface area contributed by atoms with Crippen LogP contribution in [0.2, 0.25) is 5.02 Å². The van der Waals surface area contributed by atoms with Crippen molar-refractivity contribution in [2.24, 2.45) is 0 Å². The lowest BCUT2D eigenvalue weighted by Crippen LogP contribution is -2.33. The zero-order valence-corrected chi connectivity index (χ0v) is 13.3. The molecule has 0 bridgehead atoms. The number of rotatable bonds is 5. The quantitative estimate of drug-likeness (QED) is 0.669. The molecule has 6 heteroatoms. The zero-order valence-electron chi connectivity index (χ0n) is 12.6. The third-order valence-corrected chi connectivity index (χ3v) is 3.28. The van der Waals surface area contributed by atoms with Crippen molar-refractivity contribution in [3.8, 4) is 0 Å². The number of ether oxygens (including phenoxy) is 1. The first kappa shape index (κ1) is 17.4. The molecule has 0 aromatic heterocycles. The van der Waals surface area contributed by atoms with Crippen LogP contribution in [0.5, 0.6) is 0 Å². The summed E-state index contributed by atoms with van der Waals surface area (Å²) >= 11 is 5.95. The van der Waals surface area contributed by atoms with Crippen molar-refractivity contribution >= 4 is 35.5 Å². The van der Waals surface area contributed by atoms with Crippen molar-refractivity contribution in [1.29, 1.82) is 0 Å². The Morgan fingerprint density at radius 3 is 2.38 bits per heavy atom. The van der Waals surface area contributed by atoms with Gasteiger partial charge in [0.25, 0.3) is 11.8 Å². The predicted molar refractivity (Wildman–Crippen MR) is 90.4 cm³/mol. The van der Waals surface area contributed by atoms with E-state index in [1.54, 1.807) is 54.6 Å². The van der Waals surface area contributed by atoms with Crippen LogP contribution in [0.4, 0.5) is 0 Å². The number of benzene rings is 2. The third-order valence-electron chi connectivity index (χ3n) is 2.94. The Balaban J connectivity index is 1.80. The van der Waals surface area contributed by atoms with E-state index >= 15 is 0 Å². The van der Waals surface area contributed by atoms with Crippen LogP contribution in [0.15, 0.2) is 60.7 Å². The molecule has 0 heterocycles. The molecule has 0 fully saturated rings. The first-order valence-electron chi connectivity index (χ1n) is 7.05. The highest BCUT2D eigenvalue weighted by Gasteiger charge is 2.11. The Kier molecular flexibility index (Phi) is 6.28. The van der Waals surface area contributed by atoms with Gasteiger partial charge >= 0.3 is 5.97 Å². The van der Waals surface area contributed by atoms with Gasteiger partial charge in [0, 0.05) is 16.7 Å². The number of halogens is 1. The normalized spacial score (nSPS) is 10.4. The summed E-state index contributed by atoms with van der Waals surface area (Å²) in [5, 5.41) is 2.63. The fraction of sp³-hybridized carbons (Fsp3) is 0.0556.